The maximum absolute atomic E-state index is 6.05. The number of methoxy groups -OCH3 is 1. The number of nitrogens with zero attached hydrogens (tertiary/aromatic N) is 2. The van der Waals surface area contributed by atoms with E-state index in [2.05, 4.69) is 41.4 Å². The van der Waals surface area contributed by atoms with Crippen LogP contribution in [0.25, 0.3) is 0 Å². The van der Waals surface area contributed by atoms with Crippen LogP contribution in [0.5, 0.6) is 5.88 Å². The molecule has 0 aromatic carbocycles. The molecule has 1 aliphatic heterocycles. The monoisotopic (exact) mass is 476 g/mol. The maximum Gasteiger partial charge on any atom is 0.213 e. The zero-order chi connectivity index (χ0) is 18.3. The lowest BCUT2D eigenvalue weighted by Gasteiger charge is -2.40. The Balaban J connectivity index is 0.00000338. The molecule has 2 atom stereocenters. The standard InChI is InChI=1S/C19H32N4O2.HI/c1-19(2,3)17-15(7-6-10-25-17)13-23-18(20-4)22-12-14-8-9-21-16(11-14)24-5;/h8-9,11,15,17H,6-7,10,12-13H2,1-5H3,(H2,20,22,23);1H. The van der Waals surface area contributed by atoms with Gasteiger partial charge in [-0.1, -0.05) is 20.8 Å². The van der Waals surface area contributed by atoms with Crippen LogP contribution in [0.3, 0.4) is 0 Å². The Morgan fingerprint density at radius 3 is 2.81 bits per heavy atom. The van der Waals surface area contributed by atoms with Gasteiger partial charge in [0.15, 0.2) is 5.96 Å². The minimum atomic E-state index is 0. The van der Waals surface area contributed by atoms with Crippen LogP contribution < -0.4 is 15.4 Å². The number of halogens is 1. The van der Waals surface area contributed by atoms with Crippen molar-refractivity contribution in [2.45, 2.75) is 46.3 Å². The molecule has 148 valence electrons. The predicted octanol–water partition coefficient (Wildman–Crippen LogP) is 3.21. The van der Waals surface area contributed by atoms with E-state index in [4.69, 9.17) is 9.47 Å². The largest absolute Gasteiger partial charge is 0.481 e. The Morgan fingerprint density at radius 1 is 1.38 bits per heavy atom. The van der Waals surface area contributed by atoms with Gasteiger partial charge in [0.25, 0.3) is 0 Å². The molecule has 2 heterocycles. The van der Waals surface area contributed by atoms with E-state index in [1.165, 1.54) is 6.42 Å². The van der Waals surface area contributed by atoms with Gasteiger partial charge >= 0.3 is 0 Å². The first-order valence-electron chi connectivity index (χ1n) is 8.99. The van der Waals surface area contributed by atoms with Crippen molar-refractivity contribution in [1.29, 1.82) is 0 Å². The molecule has 7 heteroatoms. The van der Waals surface area contributed by atoms with Crippen LogP contribution in [0.1, 0.15) is 39.2 Å². The number of hydrogen-bond donors (Lipinski definition) is 2. The van der Waals surface area contributed by atoms with Gasteiger partial charge < -0.3 is 20.1 Å². The molecule has 6 nitrogen and oxygen atoms in total. The molecule has 2 unspecified atom stereocenters. The summed E-state index contributed by atoms with van der Waals surface area (Å²) >= 11 is 0. The van der Waals surface area contributed by atoms with Gasteiger partial charge in [0.1, 0.15) is 0 Å². The van der Waals surface area contributed by atoms with Gasteiger partial charge in [-0.3, -0.25) is 4.99 Å². The van der Waals surface area contributed by atoms with Crippen LogP contribution in [0, 0.1) is 11.3 Å². The Morgan fingerprint density at radius 2 is 2.15 bits per heavy atom. The van der Waals surface area contributed by atoms with Gasteiger partial charge in [0.05, 0.1) is 13.2 Å². The highest BCUT2D eigenvalue weighted by molar-refractivity contribution is 14.0. The highest BCUT2D eigenvalue weighted by atomic mass is 127. The van der Waals surface area contributed by atoms with Crippen molar-refractivity contribution in [2.75, 3.05) is 27.3 Å². The van der Waals surface area contributed by atoms with E-state index in [1.807, 2.05) is 12.1 Å². The molecule has 0 spiro atoms. The Labute approximate surface area is 174 Å². The van der Waals surface area contributed by atoms with Crippen molar-refractivity contribution in [3.8, 4) is 5.88 Å². The Bertz CT molecular complexity index is 575. The van der Waals surface area contributed by atoms with Crippen LogP contribution >= 0.6 is 24.0 Å². The van der Waals surface area contributed by atoms with Gasteiger partial charge in [-0.05, 0) is 29.9 Å². The van der Waals surface area contributed by atoms with Crippen LogP contribution in [0.2, 0.25) is 0 Å². The van der Waals surface area contributed by atoms with E-state index in [9.17, 15) is 0 Å². The molecule has 0 amide bonds. The fraction of sp³-hybridized carbons (Fsp3) is 0.684. The molecule has 1 aromatic rings. The van der Waals surface area contributed by atoms with E-state index in [0.717, 1.165) is 31.1 Å². The topological polar surface area (TPSA) is 67.8 Å². The number of rotatable bonds is 5. The molecule has 0 aliphatic carbocycles. The summed E-state index contributed by atoms with van der Waals surface area (Å²) in [6, 6.07) is 3.89. The van der Waals surface area contributed by atoms with Gasteiger partial charge in [-0.2, -0.15) is 0 Å². The van der Waals surface area contributed by atoms with Gasteiger partial charge in [0, 0.05) is 44.9 Å². The minimum Gasteiger partial charge on any atom is -0.481 e. The van der Waals surface area contributed by atoms with Crippen molar-refractivity contribution in [3.05, 3.63) is 23.9 Å². The highest BCUT2D eigenvalue weighted by Gasteiger charge is 2.35. The van der Waals surface area contributed by atoms with Gasteiger partial charge in [-0.15, -0.1) is 24.0 Å². The van der Waals surface area contributed by atoms with E-state index >= 15 is 0 Å². The first kappa shape index (κ1) is 23.0. The molecule has 2 N–H and O–H groups in total. The van der Waals surface area contributed by atoms with Crippen molar-refractivity contribution in [2.24, 2.45) is 16.3 Å². The smallest absolute Gasteiger partial charge is 0.213 e. The molecule has 26 heavy (non-hydrogen) atoms. The van der Waals surface area contributed by atoms with Crippen molar-refractivity contribution >= 4 is 29.9 Å². The summed E-state index contributed by atoms with van der Waals surface area (Å²) in [5, 5.41) is 6.80. The molecule has 2 rings (SSSR count). The molecular weight excluding hydrogens is 443 g/mol. The van der Waals surface area contributed by atoms with Crippen molar-refractivity contribution in [1.82, 2.24) is 15.6 Å². The van der Waals surface area contributed by atoms with Gasteiger partial charge in [0.2, 0.25) is 5.88 Å². The quantitative estimate of drug-likeness (QED) is 0.388. The summed E-state index contributed by atoms with van der Waals surface area (Å²) in [6.07, 6.45) is 4.34. The molecule has 1 aromatic heterocycles. The summed E-state index contributed by atoms with van der Waals surface area (Å²) in [6.45, 7) is 9.15. The Kier molecular flexibility index (Phi) is 9.63. The number of hydrogen-bond acceptors (Lipinski definition) is 4. The lowest BCUT2D eigenvalue weighted by molar-refractivity contribution is -0.0835. The van der Waals surface area contributed by atoms with E-state index < -0.39 is 0 Å². The number of guanidine groups is 1. The van der Waals surface area contributed by atoms with E-state index in [-0.39, 0.29) is 35.5 Å². The van der Waals surface area contributed by atoms with Crippen molar-refractivity contribution < 1.29 is 9.47 Å². The Hall–Kier alpha value is -1.09. The molecule has 1 fully saturated rings. The fourth-order valence-corrected chi connectivity index (χ4v) is 3.32. The minimum absolute atomic E-state index is 0. The SMILES string of the molecule is CN=C(NCc1ccnc(OC)c1)NCC1CCCOC1C(C)(C)C.I. The van der Waals surface area contributed by atoms with E-state index in [1.54, 1.807) is 20.4 Å². The first-order chi connectivity index (χ1) is 11.9. The summed E-state index contributed by atoms with van der Waals surface area (Å²) in [4.78, 5) is 8.45. The predicted molar refractivity (Wildman–Crippen MR) is 116 cm³/mol. The van der Waals surface area contributed by atoms with E-state index in [0.29, 0.717) is 18.3 Å². The normalized spacial score (nSPS) is 20.9. The number of pyridine rings is 1. The van der Waals surface area contributed by atoms with Crippen molar-refractivity contribution in [3.63, 3.8) is 0 Å². The second kappa shape index (κ2) is 10.9. The third kappa shape index (κ3) is 6.90. The second-order valence-electron chi connectivity index (χ2n) is 7.57. The number of aliphatic imine (C=N–C) groups is 1. The molecular formula is C19H33IN4O2. The lowest BCUT2D eigenvalue weighted by atomic mass is 9.78. The average molecular weight is 476 g/mol. The maximum atomic E-state index is 6.05. The molecule has 1 saturated heterocycles. The highest BCUT2D eigenvalue weighted by Crippen LogP contribution is 2.33. The zero-order valence-electron chi connectivity index (χ0n) is 16.5. The average Bonchev–Trinajstić information content (AvgIpc) is 2.61. The van der Waals surface area contributed by atoms with Crippen LogP contribution in [-0.2, 0) is 11.3 Å². The van der Waals surface area contributed by atoms with Gasteiger partial charge in [-0.25, -0.2) is 4.98 Å². The number of aromatic nitrogens is 1. The molecule has 1 aliphatic rings. The number of ether oxygens (including phenoxy) is 2. The molecule has 0 radical (unpaired) electrons. The zero-order valence-corrected chi connectivity index (χ0v) is 18.9. The third-order valence-electron chi connectivity index (χ3n) is 4.52. The second-order valence-corrected chi connectivity index (χ2v) is 7.57. The fourth-order valence-electron chi connectivity index (χ4n) is 3.32. The lowest BCUT2D eigenvalue weighted by Crippen LogP contribution is -2.47. The summed E-state index contributed by atoms with van der Waals surface area (Å²) in [5.74, 6) is 1.91. The number of nitrogens with one attached hydrogen (secondary N) is 2. The molecule has 0 bridgehead atoms. The molecule has 0 saturated carbocycles. The summed E-state index contributed by atoms with van der Waals surface area (Å²) in [5.41, 5.74) is 1.25. The van der Waals surface area contributed by atoms with Crippen LogP contribution in [0.15, 0.2) is 23.3 Å². The summed E-state index contributed by atoms with van der Waals surface area (Å²) < 4.78 is 11.2. The van der Waals surface area contributed by atoms with Crippen LogP contribution in [-0.4, -0.2) is 44.4 Å². The summed E-state index contributed by atoms with van der Waals surface area (Å²) in [7, 11) is 3.42. The first-order valence-corrected chi connectivity index (χ1v) is 8.99. The third-order valence-corrected chi connectivity index (χ3v) is 4.52. The van der Waals surface area contributed by atoms with Crippen LogP contribution in [0.4, 0.5) is 0 Å².